The summed E-state index contributed by atoms with van der Waals surface area (Å²) in [6, 6.07) is 4.97. The van der Waals surface area contributed by atoms with E-state index in [0.717, 1.165) is 29.6 Å². The first-order chi connectivity index (χ1) is 9.51. The van der Waals surface area contributed by atoms with E-state index < -0.39 is 0 Å². The molecule has 0 aromatic heterocycles. The Morgan fingerprint density at radius 2 is 1.65 bits per heavy atom. The lowest BCUT2D eigenvalue weighted by atomic mass is 9.84. The van der Waals surface area contributed by atoms with E-state index >= 15 is 0 Å². The molecule has 1 N–H and O–H groups in total. The summed E-state index contributed by atoms with van der Waals surface area (Å²) in [5.41, 5.74) is 3.30. The Kier molecular flexibility index (Phi) is 5.09. The molecule has 1 aliphatic rings. The summed E-state index contributed by atoms with van der Waals surface area (Å²) < 4.78 is 0. The van der Waals surface area contributed by atoms with Crippen LogP contribution in [-0.2, 0) is 6.54 Å². The zero-order chi connectivity index (χ0) is 14.7. The Hall–Kier alpha value is -1.02. The van der Waals surface area contributed by atoms with E-state index in [-0.39, 0.29) is 0 Å². The standard InChI is InChI=1S/C18H29NO/c1-5-15-6-8-17(9-7-15)19(4)12-16-10-13(2)18(20)14(3)11-16/h10-11,15,17,20H,5-9,12H2,1-4H3. The van der Waals surface area contributed by atoms with Gasteiger partial charge in [-0.2, -0.15) is 0 Å². The van der Waals surface area contributed by atoms with Crippen molar-refractivity contribution in [1.82, 2.24) is 4.90 Å². The molecule has 0 amide bonds. The topological polar surface area (TPSA) is 23.5 Å². The molecule has 0 heterocycles. The minimum absolute atomic E-state index is 0.444. The van der Waals surface area contributed by atoms with E-state index in [4.69, 9.17) is 0 Å². The van der Waals surface area contributed by atoms with Gasteiger partial charge >= 0.3 is 0 Å². The highest BCUT2D eigenvalue weighted by molar-refractivity contribution is 5.42. The minimum atomic E-state index is 0.444. The van der Waals surface area contributed by atoms with Crippen LogP contribution in [0.15, 0.2) is 12.1 Å². The number of hydrogen-bond acceptors (Lipinski definition) is 2. The number of nitrogens with zero attached hydrogens (tertiary/aromatic N) is 1. The van der Waals surface area contributed by atoms with Gasteiger partial charge < -0.3 is 5.11 Å². The van der Waals surface area contributed by atoms with Gasteiger partial charge in [0.25, 0.3) is 0 Å². The lowest BCUT2D eigenvalue weighted by Crippen LogP contribution is -2.34. The van der Waals surface area contributed by atoms with Crippen LogP contribution < -0.4 is 0 Å². The van der Waals surface area contributed by atoms with Crippen molar-refractivity contribution in [2.75, 3.05) is 7.05 Å². The Balaban J connectivity index is 1.96. The maximum absolute atomic E-state index is 9.86. The van der Waals surface area contributed by atoms with Gasteiger partial charge in [0.2, 0.25) is 0 Å². The van der Waals surface area contributed by atoms with Crippen LogP contribution in [0.1, 0.15) is 55.7 Å². The number of phenolic OH excluding ortho intramolecular Hbond substituents is 1. The third-order valence-electron chi connectivity index (χ3n) is 5.00. The third kappa shape index (κ3) is 3.54. The molecule has 1 saturated carbocycles. The van der Waals surface area contributed by atoms with Crippen LogP contribution in [0.3, 0.4) is 0 Å². The van der Waals surface area contributed by atoms with Crippen molar-refractivity contribution >= 4 is 0 Å². The average Bonchev–Trinajstić information content (AvgIpc) is 2.44. The summed E-state index contributed by atoms with van der Waals surface area (Å²) in [6.45, 7) is 7.27. The Morgan fingerprint density at radius 1 is 1.10 bits per heavy atom. The maximum atomic E-state index is 9.86. The van der Waals surface area contributed by atoms with Gasteiger partial charge in [-0.15, -0.1) is 0 Å². The van der Waals surface area contributed by atoms with Gasteiger partial charge in [-0.25, -0.2) is 0 Å². The van der Waals surface area contributed by atoms with Crippen molar-refractivity contribution in [3.63, 3.8) is 0 Å². The molecule has 0 spiro atoms. The van der Waals surface area contributed by atoms with Gasteiger partial charge in [0, 0.05) is 12.6 Å². The minimum Gasteiger partial charge on any atom is -0.507 e. The van der Waals surface area contributed by atoms with Crippen molar-refractivity contribution in [2.24, 2.45) is 5.92 Å². The normalized spacial score (nSPS) is 23.2. The highest BCUT2D eigenvalue weighted by Gasteiger charge is 2.23. The molecular formula is C18H29NO. The summed E-state index contributed by atoms with van der Waals surface area (Å²) in [6.07, 6.45) is 6.79. The van der Waals surface area contributed by atoms with Gasteiger partial charge in [0.1, 0.15) is 5.75 Å². The molecule has 0 unspecified atom stereocenters. The highest BCUT2D eigenvalue weighted by atomic mass is 16.3. The molecule has 2 rings (SSSR count). The molecule has 0 aliphatic heterocycles. The van der Waals surface area contributed by atoms with E-state index in [1.54, 1.807) is 0 Å². The molecule has 0 bridgehead atoms. The fourth-order valence-electron chi connectivity index (χ4n) is 3.55. The van der Waals surface area contributed by atoms with Gasteiger partial charge in [0.05, 0.1) is 0 Å². The van der Waals surface area contributed by atoms with Crippen LogP contribution >= 0.6 is 0 Å². The lowest BCUT2D eigenvalue weighted by molar-refractivity contribution is 0.157. The summed E-state index contributed by atoms with van der Waals surface area (Å²) in [5, 5.41) is 9.86. The summed E-state index contributed by atoms with van der Waals surface area (Å²) in [4.78, 5) is 2.50. The zero-order valence-corrected chi connectivity index (χ0v) is 13.4. The Labute approximate surface area is 123 Å². The van der Waals surface area contributed by atoms with Gasteiger partial charge in [-0.05, 0) is 69.2 Å². The first-order valence-electron chi connectivity index (χ1n) is 8.00. The second-order valence-electron chi connectivity index (χ2n) is 6.58. The number of benzene rings is 1. The number of aromatic hydroxyl groups is 1. The second kappa shape index (κ2) is 6.62. The highest BCUT2D eigenvalue weighted by Crippen LogP contribution is 2.30. The number of rotatable bonds is 4. The van der Waals surface area contributed by atoms with Crippen LogP contribution in [0.25, 0.3) is 0 Å². The zero-order valence-electron chi connectivity index (χ0n) is 13.4. The summed E-state index contributed by atoms with van der Waals surface area (Å²) >= 11 is 0. The smallest absolute Gasteiger partial charge is 0.121 e. The fourth-order valence-corrected chi connectivity index (χ4v) is 3.55. The van der Waals surface area contributed by atoms with Crippen LogP contribution in [0.5, 0.6) is 5.75 Å². The molecule has 0 radical (unpaired) electrons. The molecule has 112 valence electrons. The van der Waals surface area contributed by atoms with E-state index in [9.17, 15) is 5.11 Å². The predicted molar refractivity (Wildman–Crippen MR) is 85.1 cm³/mol. The molecule has 1 fully saturated rings. The van der Waals surface area contributed by atoms with E-state index in [1.165, 1.54) is 37.7 Å². The molecule has 1 aromatic carbocycles. The van der Waals surface area contributed by atoms with Crippen molar-refractivity contribution in [2.45, 2.75) is 65.5 Å². The molecule has 0 atom stereocenters. The van der Waals surface area contributed by atoms with Crippen molar-refractivity contribution in [3.05, 3.63) is 28.8 Å². The largest absolute Gasteiger partial charge is 0.507 e. The predicted octanol–water partition coefficient (Wildman–Crippen LogP) is 4.41. The summed E-state index contributed by atoms with van der Waals surface area (Å²) in [5.74, 6) is 1.40. The maximum Gasteiger partial charge on any atom is 0.121 e. The monoisotopic (exact) mass is 275 g/mol. The third-order valence-corrected chi connectivity index (χ3v) is 5.00. The summed E-state index contributed by atoms with van der Waals surface area (Å²) in [7, 11) is 2.24. The number of phenols is 1. The first kappa shape index (κ1) is 15.4. The molecule has 2 nitrogen and oxygen atoms in total. The lowest BCUT2D eigenvalue weighted by Gasteiger charge is -2.34. The Bertz CT molecular complexity index is 424. The van der Waals surface area contributed by atoms with Gasteiger partial charge in [-0.3, -0.25) is 4.90 Å². The van der Waals surface area contributed by atoms with Crippen LogP contribution in [0.2, 0.25) is 0 Å². The first-order valence-corrected chi connectivity index (χ1v) is 8.00. The number of aryl methyl sites for hydroxylation is 2. The number of hydrogen-bond donors (Lipinski definition) is 1. The SMILES string of the molecule is CCC1CCC(N(C)Cc2cc(C)c(O)c(C)c2)CC1. The van der Waals surface area contributed by atoms with Crippen molar-refractivity contribution in [1.29, 1.82) is 0 Å². The fraction of sp³-hybridized carbons (Fsp3) is 0.667. The van der Waals surface area contributed by atoms with Gasteiger partial charge in [-0.1, -0.05) is 25.5 Å². The van der Waals surface area contributed by atoms with E-state index in [0.29, 0.717) is 5.75 Å². The molecule has 1 aromatic rings. The molecule has 2 heteroatoms. The van der Waals surface area contributed by atoms with Gasteiger partial charge in [0.15, 0.2) is 0 Å². The van der Waals surface area contributed by atoms with Crippen molar-refractivity contribution < 1.29 is 5.11 Å². The average molecular weight is 275 g/mol. The molecule has 20 heavy (non-hydrogen) atoms. The quantitative estimate of drug-likeness (QED) is 0.880. The van der Waals surface area contributed by atoms with E-state index in [1.807, 2.05) is 13.8 Å². The molecule has 1 aliphatic carbocycles. The van der Waals surface area contributed by atoms with Crippen LogP contribution in [0.4, 0.5) is 0 Å². The Morgan fingerprint density at radius 3 is 2.15 bits per heavy atom. The van der Waals surface area contributed by atoms with E-state index in [2.05, 4.69) is 31.0 Å². The second-order valence-corrected chi connectivity index (χ2v) is 6.58. The van der Waals surface area contributed by atoms with Crippen molar-refractivity contribution in [3.8, 4) is 5.75 Å². The molecule has 0 saturated heterocycles. The molecular weight excluding hydrogens is 246 g/mol. The van der Waals surface area contributed by atoms with Crippen LogP contribution in [0, 0.1) is 19.8 Å². The van der Waals surface area contributed by atoms with Crippen LogP contribution in [-0.4, -0.2) is 23.1 Å².